The minimum atomic E-state index is 0.789. The van der Waals surface area contributed by atoms with Crippen molar-refractivity contribution in [2.75, 3.05) is 0 Å². The molecular formula is C18H19N. The molecule has 19 heavy (non-hydrogen) atoms. The van der Waals surface area contributed by atoms with Crippen LogP contribution >= 0.6 is 0 Å². The molecule has 0 spiro atoms. The van der Waals surface area contributed by atoms with Gasteiger partial charge in [0.25, 0.3) is 0 Å². The van der Waals surface area contributed by atoms with Gasteiger partial charge in [-0.25, -0.2) is 0 Å². The van der Waals surface area contributed by atoms with Crippen molar-refractivity contribution in [2.45, 2.75) is 31.6 Å². The van der Waals surface area contributed by atoms with Crippen molar-refractivity contribution in [3.8, 4) is 0 Å². The van der Waals surface area contributed by atoms with Gasteiger partial charge >= 0.3 is 0 Å². The lowest BCUT2D eigenvalue weighted by Gasteiger charge is -2.11. The van der Waals surface area contributed by atoms with Gasteiger partial charge in [-0.1, -0.05) is 36.4 Å². The van der Waals surface area contributed by atoms with Gasteiger partial charge in [0.05, 0.1) is 0 Å². The molecule has 1 aromatic heterocycles. The summed E-state index contributed by atoms with van der Waals surface area (Å²) in [6.45, 7) is 0. The molecular weight excluding hydrogens is 230 g/mol. The van der Waals surface area contributed by atoms with Crippen LogP contribution in [0.3, 0.4) is 0 Å². The first kappa shape index (κ1) is 11.2. The van der Waals surface area contributed by atoms with E-state index in [-0.39, 0.29) is 0 Å². The summed E-state index contributed by atoms with van der Waals surface area (Å²) in [6, 6.07) is 15.4. The predicted octanol–water partition coefficient (Wildman–Crippen LogP) is 3.99. The van der Waals surface area contributed by atoms with Crippen molar-refractivity contribution in [3.05, 3.63) is 65.5 Å². The molecule has 1 fully saturated rings. The van der Waals surface area contributed by atoms with E-state index in [0.29, 0.717) is 0 Å². The van der Waals surface area contributed by atoms with E-state index in [1.165, 1.54) is 36.9 Å². The quantitative estimate of drug-likeness (QED) is 0.784. The highest BCUT2D eigenvalue weighted by molar-refractivity contribution is 5.32. The summed E-state index contributed by atoms with van der Waals surface area (Å²) in [5, 5.41) is 0. The van der Waals surface area contributed by atoms with Crippen LogP contribution in [-0.4, -0.2) is 4.98 Å². The molecule has 0 saturated heterocycles. The lowest BCUT2D eigenvalue weighted by Crippen LogP contribution is -2.02. The molecule has 96 valence electrons. The molecule has 1 aromatic carbocycles. The van der Waals surface area contributed by atoms with Crippen molar-refractivity contribution in [1.82, 2.24) is 4.98 Å². The highest BCUT2D eigenvalue weighted by Gasteiger charge is 2.40. The molecule has 1 heteroatoms. The second kappa shape index (κ2) is 4.48. The summed E-state index contributed by atoms with van der Waals surface area (Å²) in [6.07, 6.45) is 7.16. The fraction of sp³-hybridized carbons (Fsp3) is 0.389. The maximum atomic E-state index is 4.55. The molecule has 2 aromatic rings. The van der Waals surface area contributed by atoms with Gasteiger partial charge in [0.15, 0.2) is 0 Å². The molecule has 2 aliphatic rings. The number of fused-ring (bicyclic) bond motifs is 3. The van der Waals surface area contributed by atoms with Gasteiger partial charge in [-0.05, 0) is 60.6 Å². The van der Waals surface area contributed by atoms with Crippen molar-refractivity contribution < 1.29 is 0 Å². The lowest BCUT2D eigenvalue weighted by molar-refractivity contribution is 0.488. The van der Waals surface area contributed by atoms with E-state index in [2.05, 4.69) is 47.4 Å². The van der Waals surface area contributed by atoms with E-state index in [0.717, 1.165) is 17.8 Å². The van der Waals surface area contributed by atoms with E-state index in [9.17, 15) is 0 Å². The average molecular weight is 249 g/mol. The zero-order valence-electron chi connectivity index (χ0n) is 11.1. The minimum Gasteiger partial charge on any atom is -0.261 e. The topological polar surface area (TPSA) is 12.9 Å². The van der Waals surface area contributed by atoms with Crippen LogP contribution in [0.4, 0.5) is 0 Å². The van der Waals surface area contributed by atoms with Crippen LogP contribution in [0, 0.1) is 11.8 Å². The fourth-order valence-corrected chi connectivity index (χ4v) is 4.17. The first-order valence-corrected chi connectivity index (χ1v) is 7.38. The third-order valence-electron chi connectivity index (χ3n) is 4.94. The predicted molar refractivity (Wildman–Crippen MR) is 77.0 cm³/mol. The van der Waals surface area contributed by atoms with Crippen LogP contribution in [0.25, 0.3) is 0 Å². The number of aromatic nitrogens is 1. The molecule has 1 heterocycles. The molecule has 1 saturated carbocycles. The van der Waals surface area contributed by atoms with E-state index in [4.69, 9.17) is 0 Å². The van der Waals surface area contributed by atoms with Crippen LogP contribution in [0.2, 0.25) is 0 Å². The monoisotopic (exact) mass is 249 g/mol. The van der Waals surface area contributed by atoms with Gasteiger partial charge in [0.2, 0.25) is 0 Å². The largest absolute Gasteiger partial charge is 0.261 e. The van der Waals surface area contributed by atoms with Crippen LogP contribution < -0.4 is 0 Å². The Hall–Kier alpha value is -1.63. The summed E-state index contributed by atoms with van der Waals surface area (Å²) in [4.78, 5) is 4.55. The van der Waals surface area contributed by atoms with E-state index in [1.807, 2.05) is 6.20 Å². The summed E-state index contributed by atoms with van der Waals surface area (Å²) >= 11 is 0. The van der Waals surface area contributed by atoms with Gasteiger partial charge in [-0.3, -0.25) is 4.98 Å². The summed E-state index contributed by atoms with van der Waals surface area (Å²) in [5.74, 6) is 2.52. The normalized spacial score (nSPS) is 28.1. The van der Waals surface area contributed by atoms with E-state index >= 15 is 0 Å². The van der Waals surface area contributed by atoms with Crippen molar-refractivity contribution >= 4 is 0 Å². The van der Waals surface area contributed by atoms with Crippen molar-refractivity contribution in [1.29, 1.82) is 0 Å². The number of pyridine rings is 1. The van der Waals surface area contributed by atoms with Gasteiger partial charge in [-0.15, -0.1) is 0 Å². The fourth-order valence-electron chi connectivity index (χ4n) is 4.17. The standard InChI is InChI=1S/C18H19N/c1-2-5-13(6-3-1)9-14-10-15-12-18-16(17(15)11-14)7-4-8-19-18/h1-8,14-15,17H,9-12H2/t14-,15-,17-/m1/s1. The van der Waals surface area contributed by atoms with Crippen molar-refractivity contribution in [2.24, 2.45) is 11.8 Å². The Labute approximate surface area is 114 Å². The van der Waals surface area contributed by atoms with E-state index in [1.54, 1.807) is 5.56 Å². The van der Waals surface area contributed by atoms with Crippen LogP contribution in [0.5, 0.6) is 0 Å². The van der Waals surface area contributed by atoms with Gasteiger partial charge < -0.3 is 0 Å². The third kappa shape index (κ3) is 1.98. The SMILES string of the molecule is c1ccc(C[C@@H]2C[C@@H]3Cc4ncccc4[C@@H]3C2)cc1. The number of benzene rings is 1. The number of hydrogen-bond acceptors (Lipinski definition) is 1. The number of rotatable bonds is 2. The van der Waals surface area contributed by atoms with E-state index < -0.39 is 0 Å². The van der Waals surface area contributed by atoms with Gasteiger partial charge in [0.1, 0.15) is 0 Å². The maximum Gasteiger partial charge on any atom is 0.0441 e. The third-order valence-corrected chi connectivity index (χ3v) is 4.94. The Morgan fingerprint density at radius 3 is 2.79 bits per heavy atom. The second-order valence-electron chi connectivity index (χ2n) is 6.14. The average Bonchev–Trinajstić information content (AvgIpc) is 2.97. The lowest BCUT2D eigenvalue weighted by atomic mass is 9.94. The maximum absolute atomic E-state index is 4.55. The van der Waals surface area contributed by atoms with Crippen LogP contribution in [0.15, 0.2) is 48.7 Å². The van der Waals surface area contributed by atoms with Crippen LogP contribution in [0.1, 0.15) is 35.6 Å². The molecule has 1 nitrogen and oxygen atoms in total. The number of nitrogens with zero attached hydrogens (tertiary/aromatic N) is 1. The molecule has 4 rings (SSSR count). The summed E-state index contributed by atoms with van der Waals surface area (Å²) < 4.78 is 0. The Morgan fingerprint density at radius 2 is 1.89 bits per heavy atom. The zero-order valence-corrected chi connectivity index (χ0v) is 11.1. The van der Waals surface area contributed by atoms with Crippen molar-refractivity contribution in [3.63, 3.8) is 0 Å². The number of hydrogen-bond donors (Lipinski definition) is 0. The molecule has 0 unspecified atom stereocenters. The molecule has 2 aliphatic carbocycles. The first-order valence-electron chi connectivity index (χ1n) is 7.38. The van der Waals surface area contributed by atoms with Gasteiger partial charge in [0, 0.05) is 11.9 Å². The zero-order chi connectivity index (χ0) is 12.7. The molecule has 0 radical (unpaired) electrons. The Morgan fingerprint density at radius 1 is 1.00 bits per heavy atom. The Balaban J connectivity index is 1.51. The molecule has 0 N–H and O–H groups in total. The highest BCUT2D eigenvalue weighted by Crippen LogP contribution is 2.50. The van der Waals surface area contributed by atoms with Crippen LogP contribution in [-0.2, 0) is 12.8 Å². The first-order chi connectivity index (χ1) is 9.40. The smallest absolute Gasteiger partial charge is 0.0441 e. The highest BCUT2D eigenvalue weighted by atomic mass is 14.7. The molecule has 3 atom stereocenters. The van der Waals surface area contributed by atoms with Gasteiger partial charge in [-0.2, -0.15) is 0 Å². The molecule has 0 amide bonds. The summed E-state index contributed by atoms with van der Waals surface area (Å²) in [7, 11) is 0. The summed E-state index contributed by atoms with van der Waals surface area (Å²) in [5.41, 5.74) is 4.41. The second-order valence-corrected chi connectivity index (χ2v) is 6.14. The molecule has 0 bridgehead atoms. The minimum absolute atomic E-state index is 0.789. The Kier molecular flexibility index (Phi) is 2.65. The molecule has 0 aliphatic heterocycles. The Bertz CT molecular complexity index is 575.